The molecular formula is C14H15N3O3S. The molecule has 110 valence electrons. The lowest BCUT2D eigenvalue weighted by Crippen LogP contribution is -2.09. The molecule has 0 amide bonds. The highest BCUT2D eigenvalue weighted by Crippen LogP contribution is 2.29. The molecule has 0 aliphatic carbocycles. The van der Waals surface area contributed by atoms with Crippen LogP contribution in [-0.4, -0.2) is 10.0 Å². The van der Waals surface area contributed by atoms with Gasteiger partial charge in [-0.25, -0.2) is 0 Å². The summed E-state index contributed by atoms with van der Waals surface area (Å²) in [6, 6.07) is 12.0. The number of nitrogens with one attached hydrogen (secondary N) is 1. The number of thioether (sulfide) groups is 1. The van der Waals surface area contributed by atoms with E-state index in [1.165, 1.54) is 12.1 Å². The van der Waals surface area contributed by atoms with Crippen molar-refractivity contribution in [3.05, 3.63) is 63.7 Å². The van der Waals surface area contributed by atoms with Crippen molar-refractivity contribution in [2.24, 2.45) is 5.84 Å². The standard InChI is InChI=1S/C14H15N3O3S/c15-16-14-6-3-12(17(19)20)7-11(14)9-21-13-4-1-10(8-18)2-5-13/h1-7,16,18H,8-9,15H2. The van der Waals surface area contributed by atoms with Crippen LogP contribution in [0.25, 0.3) is 0 Å². The Morgan fingerprint density at radius 1 is 1.24 bits per heavy atom. The summed E-state index contributed by atoms with van der Waals surface area (Å²) in [7, 11) is 0. The predicted octanol–water partition coefficient (Wildman–Crippen LogP) is 2.67. The van der Waals surface area contributed by atoms with Gasteiger partial charge < -0.3 is 10.5 Å². The zero-order valence-corrected chi connectivity index (χ0v) is 12.0. The number of aliphatic hydroxyl groups excluding tert-OH is 1. The minimum atomic E-state index is -0.426. The van der Waals surface area contributed by atoms with E-state index in [4.69, 9.17) is 10.9 Å². The average Bonchev–Trinajstić information content (AvgIpc) is 2.53. The number of rotatable bonds is 6. The number of nitrogens with zero attached hydrogens (tertiary/aromatic N) is 1. The van der Waals surface area contributed by atoms with Crippen molar-refractivity contribution in [1.82, 2.24) is 0 Å². The van der Waals surface area contributed by atoms with Gasteiger partial charge in [0.05, 0.1) is 17.2 Å². The number of nitro groups is 1. The summed E-state index contributed by atoms with van der Waals surface area (Å²) in [5, 5.41) is 19.8. The molecule has 2 rings (SSSR count). The molecule has 0 heterocycles. The molecule has 0 bridgehead atoms. The molecule has 2 aromatic rings. The van der Waals surface area contributed by atoms with Gasteiger partial charge in [-0.2, -0.15) is 0 Å². The van der Waals surface area contributed by atoms with Crippen molar-refractivity contribution in [1.29, 1.82) is 0 Å². The summed E-state index contributed by atoms with van der Waals surface area (Å²) in [6.07, 6.45) is 0. The van der Waals surface area contributed by atoms with Gasteiger partial charge in [0, 0.05) is 22.8 Å². The van der Waals surface area contributed by atoms with Crippen LogP contribution >= 0.6 is 11.8 Å². The molecule has 0 saturated carbocycles. The first-order valence-electron chi connectivity index (χ1n) is 6.20. The Bertz CT molecular complexity index is 632. The summed E-state index contributed by atoms with van der Waals surface area (Å²) in [6.45, 7) is 0.0110. The van der Waals surface area contributed by atoms with E-state index in [1.54, 1.807) is 17.8 Å². The van der Waals surface area contributed by atoms with Gasteiger partial charge in [-0.05, 0) is 29.3 Å². The number of non-ortho nitro benzene ring substituents is 1. The number of nitrogens with two attached hydrogens (primary N) is 1. The Balaban J connectivity index is 2.13. The maximum atomic E-state index is 10.8. The zero-order valence-electron chi connectivity index (χ0n) is 11.2. The van der Waals surface area contributed by atoms with Crippen LogP contribution in [-0.2, 0) is 12.4 Å². The third-order valence-electron chi connectivity index (χ3n) is 2.96. The number of hydrogen-bond acceptors (Lipinski definition) is 6. The Morgan fingerprint density at radius 3 is 2.52 bits per heavy atom. The molecule has 0 atom stereocenters. The van der Waals surface area contributed by atoms with E-state index in [0.717, 1.165) is 16.0 Å². The van der Waals surface area contributed by atoms with Crippen molar-refractivity contribution >= 4 is 23.1 Å². The fourth-order valence-electron chi connectivity index (χ4n) is 1.81. The fourth-order valence-corrected chi connectivity index (χ4v) is 2.70. The van der Waals surface area contributed by atoms with E-state index in [9.17, 15) is 10.1 Å². The quantitative estimate of drug-likeness (QED) is 0.328. The second-order valence-corrected chi connectivity index (χ2v) is 5.38. The minimum Gasteiger partial charge on any atom is -0.392 e. The van der Waals surface area contributed by atoms with Crippen molar-refractivity contribution in [3.8, 4) is 0 Å². The smallest absolute Gasteiger partial charge is 0.269 e. The van der Waals surface area contributed by atoms with Gasteiger partial charge in [0.15, 0.2) is 0 Å². The lowest BCUT2D eigenvalue weighted by molar-refractivity contribution is -0.384. The zero-order chi connectivity index (χ0) is 15.2. The molecular weight excluding hydrogens is 290 g/mol. The van der Waals surface area contributed by atoms with Crippen LogP contribution in [0.5, 0.6) is 0 Å². The van der Waals surface area contributed by atoms with Crippen LogP contribution in [0, 0.1) is 10.1 Å². The lowest BCUT2D eigenvalue weighted by atomic mass is 10.2. The van der Waals surface area contributed by atoms with E-state index >= 15 is 0 Å². The molecule has 21 heavy (non-hydrogen) atoms. The molecule has 0 aliphatic rings. The van der Waals surface area contributed by atoms with Gasteiger partial charge in [0.25, 0.3) is 5.69 Å². The first-order valence-corrected chi connectivity index (χ1v) is 7.19. The van der Waals surface area contributed by atoms with Crippen LogP contribution < -0.4 is 11.3 Å². The monoisotopic (exact) mass is 305 g/mol. The van der Waals surface area contributed by atoms with Crippen LogP contribution in [0.15, 0.2) is 47.4 Å². The Hall–Kier alpha value is -2.09. The molecule has 0 aromatic heterocycles. The maximum absolute atomic E-state index is 10.8. The van der Waals surface area contributed by atoms with Crippen LogP contribution in [0.3, 0.4) is 0 Å². The number of anilines is 1. The Morgan fingerprint density at radius 2 is 1.95 bits per heavy atom. The van der Waals surface area contributed by atoms with E-state index in [2.05, 4.69) is 5.43 Å². The number of hydrazine groups is 1. The molecule has 0 radical (unpaired) electrons. The van der Waals surface area contributed by atoms with Crippen LogP contribution in [0.1, 0.15) is 11.1 Å². The van der Waals surface area contributed by atoms with Crippen LogP contribution in [0.4, 0.5) is 11.4 Å². The summed E-state index contributed by atoms with van der Waals surface area (Å²) in [5.74, 6) is 5.98. The lowest BCUT2D eigenvalue weighted by Gasteiger charge is -2.09. The summed E-state index contributed by atoms with van der Waals surface area (Å²) in [4.78, 5) is 11.4. The third kappa shape index (κ3) is 3.94. The van der Waals surface area contributed by atoms with Gasteiger partial charge in [-0.15, -0.1) is 11.8 Å². The second-order valence-electron chi connectivity index (χ2n) is 4.33. The van der Waals surface area contributed by atoms with Crippen molar-refractivity contribution in [3.63, 3.8) is 0 Å². The van der Waals surface area contributed by atoms with Gasteiger partial charge >= 0.3 is 0 Å². The van der Waals surface area contributed by atoms with Gasteiger partial charge in [0.2, 0.25) is 0 Å². The SMILES string of the molecule is NNc1ccc([N+](=O)[O-])cc1CSc1ccc(CO)cc1. The molecule has 7 heteroatoms. The molecule has 0 fully saturated rings. The first-order chi connectivity index (χ1) is 10.1. The number of aliphatic hydroxyl groups is 1. The minimum absolute atomic E-state index is 0.0110. The predicted molar refractivity (Wildman–Crippen MR) is 82.8 cm³/mol. The summed E-state index contributed by atoms with van der Waals surface area (Å²) >= 11 is 1.54. The molecule has 0 aliphatic heterocycles. The van der Waals surface area contributed by atoms with E-state index in [1.807, 2.05) is 24.3 Å². The maximum Gasteiger partial charge on any atom is 0.269 e. The van der Waals surface area contributed by atoms with Gasteiger partial charge in [-0.3, -0.25) is 16.0 Å². The average molecular weight is 305 g/mol. The van der Waals surface area contributed by atoms with E-state index in [-0.39, 0.29) is 12.3 Å². The third-order valence-corrected chi connectivity index (χ3v) is 4.02. The van der Waals surface area contributed by atoms with E-state index in [0.29, 0.717) is 11.4 Å². The first kappa shape index (κ1) is 15.3. The molecule has 4 N–H and O–H groups in total. The second kappa shape index (κ2) is 7.07. The normalized spacial score (nSPS) is 10.4. The van der Waals surface area contributed by atoms with Crippen molar-refractivity contribution in [2.45, 2.75) is 17.3 Å². The molecule has 0 spiro atoms. The Labute approximate surface area is 126 Å². The Kier molecular flexibility index (Phi) is 5.15. The highest BCUT2D eigenvalue weighted by atomic mass is 32.2. The summed E-state index contributed by atoms with van der Waals surface area (Å²) in [5.41, 5.74) is 4.87. The topological polar surface area (TPSA) is 101 Å². The summed E-state index contributed by atoms with van der Waals surface area (Å²) < 4.78 is 0. The molecule has 0 saturated heterocycles. The highest BCUT2D eigenvalue weighted by Gasteiger charge is 2.10. The van der Waals surface area contributed by atoms with Crippen molar-refractivity contribution in [2.75, 3.05) is 5.43 Å². The highest BCUT2D eigenvalue weighted by molar-refractivity contribution is 7.98. The van der Waals surface area contributed by atoms with Gasteiger partial charge in [-0.1, -0.05) is 12.1 Å². The van der Waals surface area contributed by atoms with Crippen LogP contribution in [0.2, 0.25) is 0 Å². The number of benzene rings is 2. The number of hydrogen-bond donors (Lipinski definition) is 3. The fraction of sp³-hybridized carbons (Fsp3) is 0.143. The molecule has 6 nitrogen and oxygen atoms in total. The molecule has 2 aromatic carbocycles. The van der Waals surface area contributed by atoms with Crippen molar-refractivity contribution < 1.29 is 10.0 Å². The number of nitrogen functional groups attached to an aromatic ring is 1. The van der Waals surface area contributed by atoms with E-state index < -0.39 is 4.92 Å². The number of nitro benzene ring substituents is 1. The van der Waals surface area contributed by atoms with Gasteiger partial charge in [0.1, 0.15) is 0 Å². The molecule has 0 unspecified atom stereocenters. The largest absolute Gasteiger partial charge is 0.392 e.